The third-order valence-corrected chi connectivity index (χ3v) is 14.8. The highest BCUT2D eigenvalue weighted by Gasteiger charge is 2.19. The maximum atomic E-state index is 12.9. The van der Waals surface area contributed by atoms with Crippen molar-refractivity contribution in [2.75, 3.05) is 13.2 Å². The van der Waals surface area contributed by atoms with Crippen molar-refractivity contribution in [2.24, 2.45) is 11.8 Å². The first-order valence-electron chi connectivity index (χ1n) is 31.3. The largest absolute Gasteiger partial charge is 0.462 e. The molecule has 0 spiro atoms. The van der Waals surface area contributed by atoms with Crippen molar-refractivity contribution in [1.82, 2.24) is 0 Å². The fraction of sp³-hybridized carbons (Fsp3) is 0.952. The molecule has 2 atom stereocenters. The lowest BCUT2D eigenvalue weighted by Gasteiger charge is -2.18. The Morgan fingerprint density at radius 3 is 0.826 bits per heavy atom. The lowest BCUT2D eigenvalue weighted by atomic mass is 9.99. The molecule has 0 aliphatic rings. The Bertz CT molecular complexity index is 1060. The third-order valence-electron chi connectivity index (χ3n) is 14.8. The van der Waals surface area contributed by atoms with Crippen LogP contribution in [0.15, 0.2) is 0 Å². The number of carbonyl (C=O) groups is 3. The van der Waals surface area contributed by atoms with Gasteiger partial charge in [0.25, 0.3) is 0 Å². The van der Waals surface area contributed by atoms with E-state index < -0.39 is 6.10 Å². The summed E-state index contributed by atoms with van der Waals surface area (Å²) in [4.78, 5) is 38.3. The van der Waals surface area contributed by atoms with Gasteiger partial charge in [-0.25, -0.2) is 0 Å². The van der Waals surface area contributed by atoms with Gasteiger partial charge in [-0.1, -0.05) is 317 Å². The smallest absolute Gasteiger partial charge is 0.306 e. The van der Waals surface area contributed by atoms with Crippen molar-refractivity contribution in [3.63, 3.8) is 0 Å². The summed E-state index contributed by atoms with van der Waals surface area (Å²) in [5.41, 5.74) is 0. The Hall–Kier alpha value is -1.59. The van der Waals surface area contributed by atoms with Gasteiger partial charge in [-0.2, -0.15) is 0 Å². The van der Waals surface area contributed by atoms with Gasteiger partial charge >= 0.3 is 17.9 Å². The van der Waals surface area contributed by atoms with Crippen LogP contribution in [-0.2, 0) is 28.6 Å². The molecule has 410 valence electrons. The van der Waals surface area contributed by atoms with Gasteiger partial charge in [0.1, 0.15) is 13.2 Å². The lowest BCUT2D eigenvalue weighted by molar-refractivity contribution is -0.167. The SMILES string of the molecule is CCCCCCCCCCCCCCCCCC(=O)OC[C@@H](COC(=O)CCCCCCCCCCCCCCCCC(C)CC)OC(=O)CCCCCCCCCCCCCCCCCC(C)C. The topological polar surface area (TPSA) is 78.9 Å². The van der Waals surface area contributed by atoms with Crippen LogP contribution in [0.5, 0.6) is 0 Å². The normalized spacial score (nSPS) is 12.4. The zero-order valence-corrected chi connectivity index (χ0v) is 47.5. The molecule has 0 saturated heterocycles. The highest BCUT2D eigenvalue weighted by atomic mass is 16.6. The van der Waals surface area contributed by atoms with Crippen molar-refractivity contribution >= 4 is 17.9 Å². The van der Waals surface area contributed by atoms with Gasteiger partial charge in [-0.05, 0) is 31.1 Å². The van der Waals surface area contributed by atoms with Crippen molar-refractivity contribution in [2.45, 2.75) is 362 Å². The fourth-order valence-electron chi connectivity index (χ4n) is 9.73. The quantitative estimate of drug-likeness (QED) is 0.0343. The molecule has 6 nitrogen and oxygen atoms in total. The summed E-state index contributed by atoms with van der Waals surface area (Å²) in [6.45, 7) is 11.5. The molecule has 0 fully saturated rings. The van der Waals surface area contributed by atoms with Crippen molar-refractivity contribution in [1.29, 1.82) is 0 Å². The summed E-state index contributed by atoms with van der Waals surface area (Å²) in [5, 5.41) is 0. The van der Waals surface area contributed by atoms with Crippen LogP contribution in [-0.4, -0.2) is 37.2 Å². The first-order chi connectivity index (χ1) is 33.8. The number of hydrogen-bond acceptors (Lipinski definition) is 6. The van der Waals surface area contributed by atoms with Crippen molar-refractivity contribution < 1.29 is 28.6 Å². The number of rotatable bonds is 57. The molecule has 69 heavy (non-hydrogen) atoms. The first-order valence-corrected chi connectivity index (χ1v) is 31.3. The van der Waals surface area contributed by atoms with E-state index in [0.717, 1.165) is 69.6 Å². The molecule has 0 saturated carbocycles. The second-order valence-corrected chi connectivity index (χ2v) is 22.4. The van der Waals surface area contributed by atoms with Crippen LogP contribution in [0.25, 0.3) is 0 Å². The Kier molecular flexibility index (Phi) is 54.4. The molecule has 0 bridgehead atoms. The monoisotopic (exact) mass is 975 g/mol. The molecule has 0 aromatic heterocycles. The molecule has 0 aliphatic heterocycles. The number of unbranched alkanes of at least 4 members (excludes halogenated alkanes) is 41. The zero-order chi connectivity index (χ0) is 50.4. The molecule has 0 radical (unpaired) electrons. The molecule has 0 aliphatic carbocycles. The predicted molar refractivity (Wildman–Crippen MR) is 298 cm³/mol. The first kappa shape index (κ1) is 67.4. The van der Waals surface area contributed by atoms with E-state index in [0.29, 0.717) is 19.3 Å². The molecule has 0 heterocycles. The second-order valence-electron chi connectivity index (χ2n) is 22.4. The number of esters is 3. The average Bonchev–Trinajstić information content (AvgIpc) is 3.34. The Balaban J connectivity index is 4.29. The summed E-state index contributed by atoms with van der Waals surface area (Å²) in [7, 11) is 0. The van der Waals surface area contributed by atoms with Gasteiger partial charge in [-0.15, -0.1) is 0 Å². The number of ether oxygens (including phenoxy) is 3. The molecule has 0 amide bonds. The van der Waals surface area contributed by atoms with Crippen LogP contribution in [0, 0.1) is 11.8 Å². The molecule has 1 unspecified atom stereocenters. The van der Waals surface area contributed by atoms with Crippen molar-refractivity contribution in [3.8, 4) is 0 Å². The number of carbonyl (C=O) groups excluding carboxylic acids is 3. The zero-order valence-electron chi connectivity index (χ0n) is 47.5. The highest BCUT2D eigenvalue weighted by Crippen LogP contribution is 2.19. The standard InChI is InChI=1S/C63H122O6/c1-6-8-9-10-11-12-13-14-16-23-28-33-38-43-48-53-61(64)67-56-60(69-63(66)55-50-45-40-35-30-25-18-15-17-21-26-31-36-41-46-51-58(3)4)57-68-62(65)54-49-44-39-34-29-24-20-19-22-27-32-37-42-47-52-59(5)7-2/h58-60H,6-57H2,1-5H3/t59?,60-/m0/s1. The van der Waals surface area contributed by atoms with Gasteiger partial charge in [0, 0.05) is 19.3 Å². The summed E-state index contributed by atoms with van der Waals surface area (Å²) < 4.78 is 16.9. The Morgan fingerprint density at radius 1 is 0.304 bits per heavy atom. The summed E-state index contributed by atoms with van der Waals surface area (Å²) in [6, 6.07) is 0. The van der Waals surface area contributed by atoms with Crippen LogP contribution < -0.4 is 0 Å². The Morgan fingerprint density at radius 2 is 0.551 bits per heavy atom. The minimum Gasteiger partial charge on any atom is -0.462 e. The number of hydrogen-bond donors (Lipinski definition) is 0. The van der Waals surface area contributed by atoms with Crippen molar-refractivity contribution in [3.05, 3.63) is 0 Å². The third kappa shape index (κ3) is 55.6. The van der Waals surface area contributed by atoms with Gasteiger partial charge < -0.3 is 14.2 Å². The molecular weight excluding hydrogens is 853 g/mol. The van der Waals surface area contributed by atoms with Gasteiger partial charge in [0.15, 0.2) is 6.10 Å². The van der Waals surface area contributed by atoms with E-state index in [4.69, 9.17) is 14.2 Å². The molecule has 0 aromatic carbocycles. The van der Waals surface area contributed by atoms with Crippen LogP contribution in [0.3, 0.4) is 0 Å². The maximum Gasteiger partial charge on any atom is 0.306 e. The summed E-state index contributed by atoms with van der Waals surface area (Å²) in [6.07, 6.45) is 60.9. The van der Waals surface area contributed by atoms with Gasteiger partial charge in [0.2, 0.25) is 0 Å². The van der Waals surface area contributed by atoms with E-state index in [-0.39, 0.29) is 31.1 Å². The molecule has 0 rings (SSSR count). The van der Waals surface area contributed by atoms with E-state index in [1.165, 1.54) is 244 Å². The van der Waals surface area contributed by atoms with Crippen LogP contribution in [0.2, 0.25) is 0 Å². The van der Waals surface area contributed by atoms with E-state index in [2.05, 4.69) is 34.6 Å². The second kappa shape index (κ2) is 55.7. The Labute approximate surface area is 431 Å². The van der Waals surface area contributed by atoms with E-state index >= 15 is 0 Å². The minimum absolute atomic E-state index is 0.0620. The van der Waals surface area contributed by atoms with Gasteiger partial charge in [0.05, 0.1) is 0 Å². The minimum atomic E-state index is -0.763. The van der Waals surface area contributed by atoms with Crippen LogP contribution >= 0.6 is 0 Å². The van der Waals surface area contributed by atoms with E-state index in [1.807, 2.05) is 0 Å². The van der Waals surface area contributed by atoms with E-state index in [9.17, 15) is 14.4 Å². The van der Waals surface area contributed by atoms with Gasteiger partial charge in [-0.3, -0.25) is 14.4 Å². The summed E-state index contributed by atoms with van der Waals surface area (Å²) in [5.74, 6) is 0.911. The summed E-state index contributed by atoms with van der Waals surface area (Å²) >= 11 is 0. The molecule has 6 heteroatoms. The fourth-order valence-corrected chi connectivity index (χ4v) is 9.73. The highest BCUT2D eigenvalue weighted by molar-refractivity contribution is 5.71. The molecule has 0 aromatic rings. The molecule has 0 N–H and O–H groups in total. The maximum absolute atomic E-state index is 12.9. The predicted octanol–water partition coefficient (Wildman–Crippen LogP) is 20.8. The van der Waals surface area contributed by atoms with Crippen LogP contribution in [0.4, 0.5) is 0 Å². The van der Waals surface area contributed by atoms with Crippen LogP contribution in [0.1, 0.15) is 356 Å². The average molecular weight is 976 g/mol. The molecular formula is C63H122O6. The lowest BCUT2D eigenvalue weighted by Crippen LogP contribution is -2.30. The van der Waals surface area contributed by atoms with E-state index in [1.54, 1.807) is 0 Å².